The number of thiophene rings is 2. The zero-order chi connectivity index (χ0) is 37.1. The van der Waals surface area contributed by atoms with Crippen LogP contribution in [0.4, 0.5) is 0 Å². The number of hydrogen-bond acceptors (Lipinski definition) is 2. The van der Waals surface area contributed by atoms with Crippen LogP contribution in [0, 0.1) is 0 Å². The maximum atomic E-state index is 2.48. The van der Waals surface area contributed by atoms with Crippen LogP contribution in [0.25, 0.3) is 84.5 Å². The third-order valence-corrected chi connectivity index (χ3v) is 14.7. The van der Waals surface area contributed by atoms with Gasteiger partial charge in [-0.15, -0.1) is 22.7 Å². The van der Waals surface area contributed by atoms with Gasteiger partial charge in [-0.1, -0.05) is 139 Å². The lowest BCUT2D eigenvalue weighted by Crippen LogP contribution is -2.34. The van der Waals surface area contributed by atoms with Gasteiger partial charge in [0.15, 0.2) is 0 Å². The van der Waals surface area contributed by atoms with E-state index in [9.17, 15) is 0 Å². The second-order valence-electron chi connectivity index (χ2n) is 18.0. The van der Waals surface area contributed by atoms with Crippen molar-refractivity contribution in [2.75, 3.05) is 0 Å². The molecular weight excluding hydrogens is 689 g/mol. The van der Waals surface area contributed by atoms with Gasteiger partial charge in [0, 0.05) is 35.3 Å². The first-order chi connectivity index (χ1) is 25.9. The fourth-order valence-electron chi connectivity index (χ4n) is 9.40. The molecule has 2 aromatic heterocycles. The maximum Gasteiger partial charge on any atom is 0.0367 e. The van der Waals surface area contributed by atoms with Gasteiger partial charge in [0.25, 0.3) is 0 Å². The van der Waals surface area contributed by atoms with Crippen LogP contribution in [0.3, 0.4) is 0 Å². The van der Waals surface area contributed by atoms with Crippen LogP contribution in [0.1, 0.15) is 78.0 Å². The van der Waals surface area contributed by atoms with Gasteiger partial charge in [-0.2, -0.15) is 0 Å². The molecule has 7 aromatic carbocycles. The summed E-state index contributed by atoms with van der Waals surface area (Å²) in [4.78, 5) is 1.33. The Hall–Kier alpha value is -4.76. The minimum Gasteiger partial charge on any atom is -0.135 e. The lowest BCUT2D eigenvalue weighted by Gasteiger charge is -2.43. The molecule has 0 aliphatic heterocycles. The summed E-state index contributed by atoms with van der Waals surface area (Å²) in [6.07, 6.45) is 2.43. The van der Waals surface area contributed by atoms with E-state index in [-0.39, 0.29) is 16.2 Å². The van der Waals surface area contributed by atoms with Crippen molar-refractivity contribution in [1.82, 2.24) is 0 Å². The summed E-state index contributed by atoms with van der Waals surface area (Å²) in [6, 6.07) is 49.0. The van der Waals surface area contributed by atoms with E-state index in [1.165, 1.54) is 114 Å². The standard InChI is InChI=1S/C52H46S2/c1-50(2,3)34-22-19-32-29-46(54-45(32)30-34)48-38-15-10-8-13-36(38)47(37-14-9-11-16-39(37)48)33-21-24-44-41(28-33)40-27-31(20-23-43(40)53-44)35-17-12-18-42-49(35)52(6,7)26-25-51(42,4)5/h8-24,27-30H,25-26H2,1-7H3. The van der Waals surface area contributed by atoms with Gasteiger partial charge in [0.1, 0.15) is 0 Å². The van der Waals surface area contributed by atoms with Crippen LogP contribution in [0.5, 0.6) is 0 Å². The van der Waals surface area contributed by atoms with E-state index < -0.39 is 0 Å². The normalized spacial score (nSPS) is 15.5. The molecule has 10 rings (SSSR count). The molecule has 0 radical (unpaired) electrons. The van der Waals surface area contributed by atoms with E-state index >= 15 is 0 Å². The molecule has 0 saturated heterocycles. The molecule has 54 heavy (non-hydrogen) atoms. The molecule has 0 nitrogen and oxygen atoms in total. The third kappa shape index (κ3) is 5.21. The highest BCUT2D eigenvalue weighted by Crippen LogP contribution is 2.51. The summed E-state index contributed by atoms with van der Waals surface area (Å²) in [5, 5.41) is 9.24. The van der Waals surface area contributed by atoms with E-state index in [4.69, 9.17) is 0 Å². The van der Waals surface area contributed by atoms with E-state index in [1.807, 2.05) is 22.7 Å². The van der Waals surface area contributed by atoms with E-state index in [1.54, 1.807) is 0 Å². The van der Waals surface area contributed by atoms with Gasteiger partial charge in [0.2, 0.25) is 0 Å². The molecule has 0 unspecified atom stereocenters. The predicted molar refractivity (Wildman–Crippen MR) is 240 cm³/mol. The molecule has 266 valence electrons. The lowest BCUT2D eigenvalue weighted by molar-refractivity contribution is 0.333. The van der Waals surface area contributed by atoms with Crippen LogP contribution >= 0.6 is 22.7 Å². The molecule has 2 heterocycles. The van der Waals surface area contributed by atoms with Gasteiger partial charge in [-0.25, -0.2) is 0 Å². The zero-order valence-corrected chi connectivity index (χ0v) is 34.0. The summed E-state index contributed by atoms with van der Waals surface area (Å²) in [7, 11) is 0. The highest BCUT2D eigenvalue weighted by atomic mass is 32.1. The molecule has 0 N–H and O–H groups in total. The van der Waals surface area contributed by atoms with Crippen LogP contribution < -0.4 is 0 Å². The second kappa shape index (κ2) is 11.9. The topological polar surface area (TPSA) is 0 Å². The van der Waals surface area contributed by atoms with Crippen molar-refractivity contribution in [3.05, 3.63) is 144 Å². The Bertz CT molecular complexity index is 2920. The second-order valence-corrected chi connectivity index (χ2v) is 20.1. The van der Waals surface area contributed by atoms with Crippen molar-refractivity contribution >= 4 is 74.5 Å². The number of benzene rings is 7. The van der Waals surface area contributed by atoms with Crippen LogP contribution in [0.15, 0.2) is 127 Å². The molecule has 0 fully saturated rings. The molecule has 2 heteroatoms. The van der Waals surface area contributed by atoms with Crippen molar-refractivity contribution in [3.8, 4) is 32.7 Å². The maximum absolute atomic E-state index is 2.48. The van der Waals surface area contributed by atoms with E-state index in [0.717, 1.165) is 0 Å². The number of rotatable bonds is 3. The minimum atomic E-state index is 0.116. The first kappa shape index (κ1) is 33.8. The van der Waals surface area contributed by atoms with Gasteiger partial charge < -0.3 is 0 Å². The van der Waals surface area contributed by atoms with Gasteiger partial charge in [0.05, 0.1) is 0 Å². The SMILES string of the molecule is CC(C)(C)c1ccc2cc(-c3c4ccccc4c(-c4ccc5sc6ccc(-c7cccc8c7C(C)(C)CCC8(C)C)cc6c5c4)c4ccccc34)sc2c1. The van der Waals surface area contributed by atoms with Gasteiger partial charge >= 0.3 is 0 Å². The molecular formula is C52H46S2. The smallest absolute Gasteiger partial charge is 0.0367 e. The average Bonchev–Trinajstić information content (AvgIpc) is 3.75. The summed E-state index contributed by atoms with van der Waals surface area (Å²) in [5.74, 6) is 0. The third-order valence-electron chi connectivity index (χ3n) is 12.5. The quantitative estimate of drug-likeness (QED) is 0.159. The minimum absolute atomic E-state index is 0.116. The Morgan fingerprint density at radius 3 is 1.72 bits per heavy atom. The predicted octanol–water partition coefficient (Wildman–Crippen LogP) is 16.2. The summed E-state index contributed by atoms with van der Waals surface area (Å²) >= 11 is 3.84. The molecule has 0 spiro atoms. The highest BCUT2D eigenvalue weighted by molar-refractivity contribution is 7.25. The Morgan fingerprint density at radius 2 is 1.07 bits per heavy atom. The fourth-order valence-corrected chi connectivity index (χ4v) is 11.6. The Morgan fingerprint density at radius 1 is 0.481 bits per heavy atom. The zero-order valence-electron chi connectivity index (χ0n) is 32.4. The van der Waals surface area contributed by atoms with Crippen LogP contribution in [-0.2, 0) is 16.2 Å². The Kier molecular flexibility index (Phi) is 7.42. The van der Waals surface area contributed by atoms with Crippen molar-refractivity contribution in [3.63, 3.8) is 0 Å². The van der Waals surface area contributed by atoms with Gasteiger partial charge in [-0.3, -0.25) is 0 Å². The number of fused-ring (bicyclic) bond motifs is 7. The Labute approximate surface area is 327 Å². The Balaban J connectivity index is 1.18. The lowest BCUT2D eigenvalue weighted by atomic mass is 9.61. The molecule has 0 saturated carbocycles. The molecule has 0 bridgehead atoms. The molecule has 1 aliphatic rings. The molecule has 9 aromatic rings. The van der Waals surface area contributed by atoms with Gasteiger partial charge in [-0.05, 0) is 131 Å². The van der Waals surface area contributed by atoms with Crippen molar-refractivity contribution in [2.45, 2.75) is 77.6 Å². The van der Waals surface area contributed by atoms with E-state index in [0.29, 0.717) is 0 Å². The summed E-state index contributed by atoms with van der Waals surface area (Å²) in [6.45, 7) is 16.6. The van der Waals surface area contributed by atoms with Crippen molar-refractivity contribution in [1.29, 1.82) is 0 Å². The van der Waals surface area contributed by atoms with Crippen LogP contribution in [-0.4, -0.2) is 0 Å². The highest BCUT2D eigenvalue weighted by Gasteiger charge is 2.38. The molecule has 0 amide bonds. The summed E-state index contributed by atoms with van der Waals surface area (Å²) < 4.78 is 4.04. The summed E-state index contributed by atoms with van der Waals surface area (Å²) in [5.41, 5.74) is 11.5. The molecule has 1 aliphatic carbocycles. The first-order valence-corrected chi connectivity index (χ1v) is 21.1. The number of hydrogen-bond donors (Lipinski definition) is 0. The molecule has 0 atom stereocenters. The first-order valence-electron chi connectivity index (χ1n) is 19.5. The average molecular weight is 735 g/mol. The van der Waals surface area contributed by atoms with Crippen LogP contribution in [0.2, 0.25) is 0 Å². The van der Waals surface area contributed by atoms with Crippen molar-refractivity contribution in [2.24, 2.45) is 0 Å². The van der Waals surface area contributed by atoms with E-state index in [2.05, 4.69) is 176 Å². The fraction of sp³-hybridized carbons (Fsp3) is 0.231. The largest absolute Gasteiger partial charge is 0.135 e. The van der Waals surface area contributed by atoms with Crippen molar-refractivity contribution < 1.29 is 0 Å². The monoisotopic (exact) mass is 734 g/mol.